The number of thiol groups is 1. The van der Waals surface area contributed by atoms with Gasteiger partial charge in [-0.05, 0) is 39.8 Å². The molecule has 0 fully saturated rings. The Balaban J connectivity index is 3.58. The molecule has 1 atom stereocenters. The van der Waals surface area contributed by atoms with Crippen molar-refractivity contribution in [1.82, 2.24) is 10.6 Å². The number of carbonyl (C=O) groups is 1. The number of hydrogen-bond acceptors (Lipinski definition) is 4. The van der Waals surface area contributed by atoms with Crippen molar-refractivity contribution < 1.29 is 18.7 Å². The quantitative estimate of drug-likeness (QED) is 0.359. The van der Waals surface area contributed by atoms with Gasteiger partial charge in [0, 0.05) is 19.8 Å². The van der Waals surface area contributed by atoms with Crippen LogP contribution in [0.2, 0.25) is 0 Å². The van der Waals surface area contributed by atoms with Crippen LogP contribution in [0.5, 0.6) is 0 Å². The maximum atomic E-state index is 13.9. The van der Waals surface area contributed by atoms with Gasteiger partial charge in [-0.1, -0.05) is 19.6 Å². The summed E-state index contributed by atoms with van der Waals surface area (Å²) in [6.45, 7) is 8.98. The fourth-order valence-electron chi connectivity index (χ4n) is 1.59. The Kier molecular flexibility index (Phi) is 12.0. The molecule has 0 aromatic carbocycles. The molecule has 0 aromatic rings. The van der Waals surface area contributed by atoms with Crippen LogP contribution in [0.15, 0.2) is 0 Å². The van der Waals surface area contributed by atoms with Crippen LogP contribution in [-0.4, -0.2) is 56.5 Å². The Morgan fingerprint density at radius 3 is 2.57 bits per heavy atom. The second-order valence-electron chi connectivity index (χ2n) is 5.28. The maximum Gasteiger partial charge on any atom is 0.276 e. The summed E-state index contributed by atoms with van der Waals surface area (Å²) in [6, 6.07) is 0. The fourth-order valence-corrected chi connectivity index (χ4v) is 1.68. The van der Waals surface area contributed by atoms with Crippen molar-refractivity contribution in [3.63, 3.8) is 0 Å². The predicted octanol–water partition coefficient (Wildman–Crippen LogP) is 2.17. The molecule has 0 bridgehead atoms. The zero-order valence-corrected chi connectivity index (χ0v) is 14.2. The Morgan fingerprint density at radius 1 is 1.29 bits per heavy atom. The number of nitrogens with one attached hydrogen (secondary N) is 2. The van der Waals surface area contributed by atoms with Gasteiger partial charge in [0.2, 0.25) is 0 Å². The largest absolute Gasteiger partial charge is 0.381 e. The minimum Gasteiger partial charge on any atom is -0.381 e. The normalized spacial score (nSPS) is 13.2. The fraction of sp³-hybridized carbons (Fsp3) is 0.929. The van der Waals surface area contributed by atoms with Crippen LogP contribution in [0.25, 0.3) is 0 Å². The lowest BCUT2D eigenvalue weighted by Crippen LogP contribution is -2.43. The minimum atomic E-state index is -1.28. The van der Waals surface area contributed by atoms with Crippen molar-refractivity contribution in [3.05, 3.63) is 0 Å². The first-order valence-electron chi connectivity index (χ1n) is 7.43. The molecule has 0 aromatic heterocycles. The third-order valence-electron chi connectivity index (χ3n) is 2.99. The number of rotatable bonds is 13. The van der Waals surface area contributed by atoms with Crippen molar-refractivity contribution in [2.45, 2.75) is 45.4 Å². The van der Waals surface area contributed by atoms with Crippen LogP contribution >= 0.6 is 12.6 Å². The lowest BCUT2D eigenvalue weighted by Gasteiger charge is -2.29. The highest BCUT2D eigenvalue weighted by atomic mass is 32.1. The molecular formula is C14H29FN2O3S. The van der Waals surface area contributed by atoms with Gasteiger partial charge in [0.05, 0.1) is 12.1 Å². The van der Waals surface area contributed by atoms with Crippen LogP contribution < -0.4 is 10.6 Å². The van der Waals surface area contributed by atoms with E-state index in [4.69, 9.17) is 9.47 Å². The molecule has 0 aliphatic carbocycles. The molecular weight excluding hydrogens is 295 g/mol. The van der Waals surface area contributed by atoms with Crippen LogP contribution in [0.1, 0.15) is 33.6 Å². The first kappa shape index (κ1) is 20.6. The molecule has 126 valence electrons. The van der Waals surface area contributed by atoms with Crippen molar-refractivity contribution in [2.24, 2.45) is 0 Å². The van der Waals surface area contributed by atoms with E-state index in [9.17, 15) is 9.18 Å². The second kappa shape index (κ2) is 12.2. The molecule has 0 saturated heterocycles. The minimum absolute atomic E-state index is 0.101. The predicted molar refractivity (Wildman–Crippen MR) is 85.9 cm³/mol. The van der Waals surface area contributed by atoms with E-state index < -0.39 is 17.0 Å². The molecule has 1 unspecified atom stereocenters. The Bertz CT molecular complexity index is 281. The van der Waals surface area contributed by atoms with Gasteiger partial charge < -0.3 is 20.1 Å². The zero-order valence-electron chi connectivity index (χ0n) is 13.3. The van der Waals surface area contributed by atoms with Crippen LogP contribution in [-0.2, 0) is 9.47 Å². The number of hydrogen-bond donors (Lipinski definition) is 3. The summed E-state index contributed by atoms with van der Waals surface area (Å²) >= 11 is 3.53. The van der Waals surface area contributed by atoms with Gasteiger partial charge in [-0.25, -0.2) is 4.39 Å². The highest BCUT2D eigenvalue weighted by Crippen LogP contribution is 2.18. The maximum absolute atomic E-state index is 13.9. The van der Waals surface area contributed by atoms with Gasteiger partial charge in [-0.3, -0.25) is 4.79 Å². The first-order valence-corrected chi connectivity index (χ1v) is 7.88. The molecule has 21 heavy (non-hydrogen) atoms. The third kappa shape index (κ3) is 11.9. The highest BCUT2D eigenvalue weighted by Gasteiger charge is 2.30. The molecule has 7 heteroatoms. The average molecular weight is 324 g/mol. The summed E-state index contributed by atoms with van der Waals surface area (Å²) in [4.78, 5) is 10.6. The molecule has 0 spiro atoms. The topological polar surface area (TPSA) is 59.6 Å². The smallest absolute Gasteiger partial charge is 0.276 e. The summed E-state index contributed by atoms with van der Waals surface area (Å²) in [6.07, 6.45) is 0.418. The summed E-state index contributed by atoms with van der Waals surface area (Å²) in [7, 11) is 0. The molecule has 0 saturated carbocycles. The van der Waals surface area contributed by atoms with Gasteiger partial charge in [-0.15, -0.1) is 0 Å². The molecule has 0 aliphatic rings. The summed E-state index contributed by atoms with van der Waals surface area (Å²) in [5.41, 5.74) is -0.943. The number of amides is 1. The first-order chi connectivity index (χ1) is 9.90. The molecule has 2 N–H and O–H groups in total. The Hall–Kier alpha value is -0.370. The van der Waals surface area contributed by atoms with Gasteiger partial charge >= 0.3 is 0 Å². The van der Waals surface area contributed by atoms with E-state index in [1.54, 1.807) is 13.8 Å². The lowest BCUT2D eigenvalue weighted by atomic mass is 10.0. The molecule has 0 radical (unpaired) electrons. The summed E-state index contributed by atoms with van der Waals surface area (Å²) in [5, 5.41) is 5.00. The van der Waals surface area contributed by atoms with Crippen LogP contribution in [0.4, 0.5) is 9.18 Å². The van der Waals surface area contributed by atoms with E-state index in [1.165, 1.54) is 0 Å². The van der Waals surface area contributed by atoms with Crippen molar-refractivity contribution in [1.29, 1.82) is 0 Å². The van der Waals surface area contributed by atoms with Crippen molar-refractivity contribution >= 4 is 17.9 Å². The molecule has 0 rings (SSSR count). The number of carbonyl (C=O) groups excluding carboxylic acids is 1. The van der Waals surface area contributed by atoms with Gasteiger partial charge in [0.25, 0.3) is 5.24 Å². The highest BCUT2D eigenvalue weighted by molar-refractivity contribution is 7.96. The zero-order chi connectivity index (χ0) is 16.1. The second-order valence-corrected chi connectivity index (χ2v) is 5.68. The number of ether oxygens (including phenoxy) is 2. The molecule has 0 heterocycles. The van der Waals surface area contributed by atoms with E-state index in [2.05, 4.69) is 30.2 Å². The number of halogens is 1. The van der Waals surface area contributed by atoms with E-state index in [0.717, 1.165) is 32.5 Å². The lowest BCUT2D eigenvalue weighted by molar-refractivity contribution is -0.0742. The average Bonchev–Trinajstić information content (AvgIpc) is 2.42. The van der Waals surface area contributed by atoms with E-state index >= 15 is 0 Å². The van der Waals surface area contributed by atoms with E-state index in [0.29, 0.717) is 13.2 Å². The molecule has 0 aliphatic heterocycles. The van der Waals surface area contributed by atoms with E-state index in [1.807, 2.05) is 0 Å². The van der Waals surface area contributed by atoms with Crippen LogP contribution in [0.3, 0.4) is 0 Å². The van der Waals surface area contributed by atoms with Gasteiger partial charge in [-0.2, -0.15) is 0 Å². The SMILES string of the molecule is CCNCCCOCCCOC(C)(C)C(F)CNC(=O)S. The van der Waals surface area contributed by atoms with E-state index in [-0.39, 0.29) is 6.54 Å². The van der Waals surface area contributed by atoms with Gasteiger partial charge in [0.1, 0.15) is 6.17 Å². The number of alkyl halides is 1. The standard InChI is InChI=1S/C14H29FN2O3S/c1-4-16-7-5-8-19-9-6-10-20-14(2,3)12(15)11-17-13(18)21/h12,16H,4-11H2,1-3H3,(H2,17,18,21). The van der Waals surface area contributed by atoms with Crippen molar-refractivity contribution in [3.8, 4) is 0 Å². The Morgan fingerprint density at radius 2 is 1.95 bits per heavy atom. The summed E-state index contributed by atoms with van der Waals surface area (Å²) in [5.74, 6) is 0. The summed E-state index contributed by atoms with van der Waals surface area (Å²) < 4.78 is 24.9. The van der Waals surface area contributed by atoms with Crippen molar-refractivity contribution in [2.75, 3.05) is 39.5 Å². The Labute approximate surface area is 132 Å². The monoisotopic (exact) mass is 324 g/mol. The third-order valence-corrected chi connectivity index (χ3v) is 3.14. The molecule has 5 nitrogen and oxygen atoms in total. The van der Waals surface area contributed by atoms with Crippen LogP contribution in [0, 0.1) is 0 Å². The molecule has 1 amide bonds. The van der Waals surface area contributed by atoms with Gasteiger partial charge in [0.15, 0.2) is 0 Å².